The fourth-order valence-corrected chi connectivity index (χ4v) is 15.6. The largest absolute Gasteiger partial charge is 0.507 e. The second-order valence-electron chi connectivity index (χ2n) is 24.9. The first kappa shape index (κ1) is 95.2. The van der Waals surface area contributed by atoms with Crippen LogP contribution in [0.4, 0.5) is 29.7 Å². The van der Waals surface area contributed by atoms with Gasteiger partial charge < -0.3 is 40.0 Å². The van der Waals surface area contributed by atoms with Crippen LogP contribution in [-0.2, 0) is 54.6 Å². The van der Waals surface area contributed by atoms with Crippen LogP contribution in [-0.4, -0.2) is 192 Å². The Balaban J connectivity index is 0.000000199. The highest BCUT2D eigenvalue weighted by molar-refractivity contribution is 8.19. The van der Waals surface area contributed by atoms with Crippen molar-refractivity contribution < 1.29 is 112 Å². The van der Waals surface area contributed by atoms with E-state index in [1.54, 1.807) is 91.0 Å². The number of aromatic amines is 1. The Labute approximate surface area is 720 Å². The number of halogens is 3. The number of ketones is 5. The Morgan fingerprint density at radius 2 is 0.858 bits per heavy atom. The number of nitrogens with one attached hydrogen (secondary N) is 1. The third-order valence-corrected chi connectivity index (χ3v) is 21.8. The van der Waals surface area contributed by atoms with E-state index in [1.807, 2.05) is 0 Å². The van der Waals surface area contributed by atoms with Gasteiger partial charge in [-0.05, 0) is 195 Å². The van der Waals surface area contributed by atoms with E-state index >= 15 is 0 Å². The lowest BCUT2D eigenvalue weighted by Crippen LogP contribution is -2.32. The summed E-state index contributed by atoms with van der Waals surface area (Å²) in [6.07, 6.45) is 8.80. The lowest BCUT2D eigenvalue weighted by molar-refractivity contribution is -0.384. The number of phenolic OH excluding ortho intramolecular Hbond substituents is 4. The average Bonchev–Trinajstić information content (AvgIpc) is 1.68. The number of H-pyrrole nitrogens is 1. The number of nitro groups is 1. The number of imide groups is 5. The van der Waals surface area contributed by atoms with Gasteiger partial charge in [-0.25, -0.2) is 0 Å². The number of ether oxygens (including phenoxy) is 2. The van der Waals surface area contributed by atoms with E-state index < -0.39 is 60.7 Å². The zero-order chi connectivity index (χ0) is 88.8. The standard InChI is InChI=1S/C15H15NO5S.C14H13NO5S.C13H10ClNO4S.C13H10N2O6S.C13H11NO4S.C11H7Cl2NOS/c1-9(18)7-16-14(19)13(22-15(16)20)6-11-4-3-10(8-17)5-12(11)21-2;1-8(16)7-15-13(18)11(21-14(15)19)6-9-4-3-5-10(20-2)12(9)17;1-7(16)6-15-12(18)11(20-13(15)19)5-8-2-3-10(17)9(14)4-8;1-7(16)6-14-12(18)11(22-13(14)19)5-8-4-9(15(20)21)2-3-10(8)17;1-8(15)7-14-12(17)11(19-13(14)18)6-9-4-2-3-5-10(9)16;1-6-14-11(15)10(16-6)4-7-2-3-8(12)5-9(7)13/h3-6,17H,7-8H2,1-2H3;3-6,17H,7H2,1-2H3;2-5,17H,6H2,1H3;2-5,17H,6H2,1H3;2-6,16H,7H2,1H3;2-5H,1H2,(H,14,15)/b13-6-;11-6-;2*11-5-;11-6-;10-4-. The molecule has 624 valence electrons. The van der Waals surface area contributed by atoms with Crippen molar-refractivity contribution >= 4 is 238 Å². The first-order valence-electron chi connectivity index (χ1n) is 34.1. The monoisotopic (exact) mass is 1810 g/mol. The summed E-state index contributed by atoms with van der Waals surface area (Å²) < 4.78 is 11.4. The molecule has 5 saturated heterocycles. The van der Waals surface area contributed by atoms with Crippen LogP contribution < -0.4 is 24.2 Å². The number of aromatic nitrogens is 1. The van der Waals surface area contributed by atoms with Crippen molar-refractivity contribution in [2.75, 3.05) is 46.9 Å². The number of hydrogen-bond donors (Lipinski definition) is 6. The SMILES string of the molecule is C=c1[nH]c(=O)/c(=C/c2ccc(Cl)cc2Cl)s1.CC(=O)CN1C(=O)S/C(=C\c2cc([N+](=O)[O-])ccc2O)C1=O.CC(=O)CN1C(=O)S/C(=C\c2ccc(O)c(Cl)c2)C1=O.CC(=O)CN1C(=O)S/C(=C\c2ccccc2O)C1=O.COc1cc(CO)ccc1/C=C1\SC(=O)N(CC(C)=O)C1=O.COc1cccc(/C=C2\SC(=O)N(CC(C)=O)C2=O)c1O. The Morgan fingerprint density at radius 1 is 0.450 bits per heavy atom. The van der Waals surface area contributed by atoms with Crippen LogP contribution in [0.25, 0.3) is 43.0 Å². The van der Waals surface area contributed by atoms with Crippen LogP contribution in [0, 0.1) is 10.1 Å². The summed E-state index contributed by atoms with van der Waals surface area (Å²) in [5, 5.41) is 57.2. The summed E-state index contributed by atoms with van der Waals surface area (Å²) >= 11 is 22.5. The number of carbonyl (C=O) groups is 15. The molecule has 120 heavy (non-hydrogen) atoms. The first-order chi connectivity index (χ1) is 56.6. The predicted molar refractivity (Wildman–Crippen MR) is 456 cm³/mol. The van der Waals surface area contributed by atoms with Crippen LogP contribution in [0.3, 0.4) is 0 Å². The maximum atomic E-state index is 12.2. The minimum atomic E-state index is -0.670. The van der Waals surface area contributed by atoms with E-state index in [0.717, 1.165) is 95.3 Å². The number of Topliss-reactive ketones (excluding diaryl/α,β-unsaturated/α-hetero) is 5. The molecule has 6 N–H and O–H groups in total. The Morgan fingerprint density at radius 3 is 1.27 bits per heavy atom. The van der Waals surface area contributed by atoms with E-state index in [9.17, 15) is 107 Å². The predicted octanol–water partition coefficient (Wildman–Crippen LogP) is 12.4. The molecule has 7 aromatic rings. The first-order valence-corrected chi connectivity index (χ1v) is 40.1. The highest BCUT2D eigenvalue weighted by Crippen LogP contribution is 2.40. The second kappa shape index (κ2) is 43.6. The second-order valence-corrected chi connectivity index (χ2v) is 32.3. The number of amides is 10. The van der Waals surface area contributed by atoms with Gasteiger partial charge in [-0.2, -0.15) is 0 Å². The summed E-state index contributed by atoms with van der Waals surface area (Å²) in [5.41, 5.74) is 3.10. The van der Waals surface area contributed by atoms with Gasteiger partial charge in [0.2, 0.25) is 0 Å². The van der Waals surface area contributed by atoms with Crippen LogP contribution in [0.1, 0.15) is 73.6 Å². The number of phenols is 4. The summed E-state index contributed by atoms with van der Waals surface area (Å²) in [6.45, 7) is 8.82. The smallest absolute Gasteiger partial charge is 0.293 e. The number of aliphatic hydroxyl groups is 1. The molecule has 0 atom stereocenters. The van der Waals surface area contributed by atoms with Crippen LogP contribution in [0.5, 0.6) is 34.5 Å². The molecule has 1 aromatic heterocycles. The number of methoxy groups -OCH3 is 2. The van der Waals surface area contributed by atoms with Crippen molar-refractivity contribution in [3.8, 4) is 34.5 Å². The van der Waals surface area contributed by atoms with E-state index in [4.69, 9.17) is 49.4 Å². The van der Waals surface area contributed by atoms with E-state index in [-0.39, 0.29) is 143 Å². The highest BCUT2D eigenvalue weighted by atomic mass is 35.5. The normalized spacial score (nSPS) is 16.1. The number of benzene rings is 6. The van der Waals surface area contributed by atoms with Gasteiger partial charge in [-0.15, -0.1) is 11.3 Å². The van der Waals surface area contributed by atoms with E-state index in [1.165, 1.54) is 103 Å². The number of thioether (sulfide) groups is 5. The third kappa shape index (κ3) is 26.3. The number of rotatable bonds is 20. The molecule has 32 nitrogen and oxygen atoms in total. The van der Waals surface area contributed by atoms with E-state index in [2.05, 4.69) is 11.6 Å². The van der Waals surface area contributed by atoms with Gasteiger partial charge in [0.1, 0.15) is 51.9 Å². The van der Waals surface area contributed by atoms with Crippen molar-refractivity contribution in [3.05, 3.63) is 223 Å². The van der Waals surface area contributed by atoms with Crippen LogP contribution in [0.2, 0.25) is 15.1 Å². The fraction of sp³-hybridized carbons (Fsp3) is 0.165. The lowest BCUT2D eigenvalue weighted by Gasteiger charge is -2.09. The minimum absolute atomic E-state index is 0.0120. The third-order valence-electron chi connectivity index (χ3n) is 15.5. The molecule has 0 spiro atoms. The summed E-state index contributed by atoms with van der Waals surface area (Å²) in [7, 11) is 2.90. The number of non-ortho nitro benzene ring substituents is 1. The summed E-state index contributed by atoms with van der Waals surface area (Å²) in [5.74, 6) is -3.75. The number of para-hydroxylation sites is 2. The molecule has 0 saturated carbocycles. The van der Waals surface area contributed by atoms with Gasteiger partial charge in [-0.1, -0.05) is 96.0 Å². The van der Waals surface area contributed by atoms with Gasteiger partial charge in [0.15, 0.2) is 11.5 Å². The molecule has 12 rings (SSSR count). The van der Waals surface area contributed by atoms with Gasteiger partial charge in [0.05, 0.1) is 97.2 Å². The number of aromatic hydroxyl groups is 4. The van der Waals surface area contributed by atoms with Crippen LogP contribution in [0.15, 0.2) is 145 Å². The quantitative estimate of drug-likeness (QED) is 0.0234. The number of nitrogens with zero attached hydrogens (tertiary/aromatic N) is 6. The number of thiazole rings is 1. The number of carbonyl (C=O) groups excluding carboxylic acids is 15. The van der Waals surface area contributed by atoms with Crippen molar-refractivity contribution in [1.82, 2.24) is 29.5 Å². The zero-order valence-corrected chi connectivity index (χ0v) is 70.7. The van der Waals surface area contributed by atoms with E-state index in [0.29, 0.717) is 64.6 Å². The molecule has 5 aliphatic rings. The molecule has 6 aromatic carbocycles. The van der Waals surface area contributed by atoms with Gasteiger partial charge >= 0.3 is 0 Å². The minimum Gasteiger partial charge on any atom is -0.507 e. The molecule has 0 aliphatic carbocycles. The zero-order valence-electron chi connectivity index (χ0n) is 63.6. The molecule has 0 radical (unpaired) electrons. The lowest BCUT2D eigenvalue weighted by atomic mass is 10.1. The molecule has 0 unspecified atom stereocenters. The molecule has 10 amide bonds. The average molecular weight is 1810 g/mol. The Kier molecular flexibility index (Phi) is 34.6. The Hall–Kier alpha value is -12.0. The number of nitro benzene ring substituents is 1. The highest BCUT2D eigenvalue weighted by Gasteiger charge is 2.40. The molecule has 0 bridgehead atoms. The van der Waals surface area contributed by atoms with Crippen molar-refractivity contribution in [2.45, 2.75) is 41.2 Å². The topological polar surface area (TPSA) is 468 Å². The fourth-order valence-electron chi connectivity index (χ4n) is 10.0. The summed E-state index contributed by atoms with van der Waals surface area (Å²) in [4.78, 5) is 203. The molecular weight excluding hydrogens is 1750 g/mol. The van der Waals surface area contributed by atoms with Crippen molar-refractivity contribution in [3.63, 3.8) is 0 Å². The van der Waals surface area contributed by atoms with Crippen molar-refractivity contribution in [1.29, 1.82) is 0 Å². The molecule has 5 aliphatic heterocycles. The molecular formula is C79H66Cl3N7O25S6. The van der Waals surface area contributed by atoms with Gasteiger partial charge in [0, 0.05) is 44.4 Å². The van der Waals surface area contributed by atoms with Crippen molar-refractivity contribution in [2.24, 2.45) is 0 Å². The molecule has 6 heterocycles. The summed E-state index contributed by atoms with van der Waals surface area (Å²) in [6, 6.07) is 29.3. The van der Waals surface area contributed by atoms with Gasteiger partial charge in [-0.3, -0.25) is 111 Å². The molecule has 41 heteroatoms. The Bertz CT molecular complexity index is 5760. The maximum Gasteiger partial charge on any atom is 0.293 e. The van der Waals surface area contributed by atoms with Crippen LogP contribution >= 0.6 is 105 Å². The number of aliphatic hydroxyl groups excluding tert-OH is 1. The maximum absolute atomic E-state index is 12.2. The number of hydrogen-bond acceptors (Lipinski definition) is 31. The molecule has 5 fully saturated rings. The van der Waals surface area contributed by atoms with Gasteiger partial charge in [0.25, 0.3) is 67.0 Å².